The number of carbonyl (C=O) groups excluding carboxylic acids is 1. The van der Waals surface area contributed by atoms with Crippen molar-refractivity contribution >= 4 is 33.4 Å². The van der Waals surface area contributed by atoms with Gasteiger partial charge >= 0.3 is 0 Å². The molecule has 1 N–H and O–H groups in total. The van der Waals surface area contributed by atoms with E-state index in [1.54, 1.807) is 37.3 Å². The van der Waals surface area contributed by atoms with Crippen molar-refractivity contribution in [1.29, 1.82) is 0 Å². The fourth-order valence-corrected chi connectivity index (χ4v) is 4.90. The molecular formula is C21H27FN2O3S2. The van der Waals surface area contributed by atoms with Crippen LogP contribution in [0.25, 0.3) is 0 Å². The summed E-state index contributed by atoms with van der Waals surface area (Å²) in [5.74, 6) is 0.491. The highest BCUT2D eigenvalue weighted by molar-refractivity contribution is 7.98. The van der Waals surface area contributed by atoms with Crippen molar-refractivity contribution in [3.63, 3.8) is 0 Å². The molecule has 8 heteroatoms. The lowest BCUT2D eigenvalue weighted by Gasteiger charge is -2.28. The molecule has 158 valence electrons. The average molecular weight is 439 g/mol. The second kappa shape index (κ2) is 10.6. The van der Waals surface area contributed by atoms with Gasteiger partial charge in [0.1, 0.15) is 11.9 Å². The number of carbonyl (C=O) groups is 1. The Hall–Kier alpha value is -2.06. The lowest BCUT2D eigenvalue weighted by Crippen LogP contribution is -2.48. The third-order valence-electron chi connectivity index (χ3n) is 4.45. The smallest absolute Gasteiger partial charge is 0.243 e. The molecule has 0 heterocycles. The number of sulfonamides is 1. The Morgan fingerprint density at radius 3 is 2.41 bits per heavy atom. The predicted octanol–water partition coefficient (Wildman–Crippen LogP) is 3.59. The van der Waals surface area contributed by atoms with Crippen LogP contribution in [0.5, 0.6) is 0 Å². The van der Waals surface area contributed by atoms with E-state index >= 15 is 0 Å². The van der Waals surface area contributed by atoms with Gasteiger partial charge in [-0.2, -0.15) is 11.8 Å². The van der Waals surface area contributed by atoms with Crippen molar-refractivity contribution in [1.82, 2.24) is 5.32 Å². The summed E-state index contributed by atoms with van der Waals surface area (Å²) in [6, 6.07) is 12.9. The molecule has 0 spiro atoms. The van der Waals surface area contributed by atoms with Crippen LogP contribution in [-0.4, -0.2) is 38.9 Å². The van der Waals surface area contributed by atoms with Crippen molar-refractivity contribution in [3.05, 3.63) is 65.5 Å². The molecule has 0 aromatic heterocycles. The number of anilines is 1. The van der Waals surface area contributed by atoms with Crippen LogP contribution in [0.3, 0.4) is 0 Å². The topological polar surface area (TPSA) is 66.5 Å². The van der Waals surface area contributed by atoms with Crippen LogP contribution in [0.15, 0.2) is 48.5 Å². The van der Waals surface area contributed by atoms with E-state index in [1.165, 1.54) is 17.8 Å². The maximum Gasteiger partial charge on any atom is 0.243 e. The Morgan fingerprint density at radius 2 is 1.83 bits per heavy atom. The number of aryl methyl sites for hydroxylation is 1. The maximum absolute atomic E-state index is 13.6. The van der Waals surface area contributed by atoms with Gasteiger partial charge in [-0.15, -0.1) is 0 Å². The number of halogens is 1. The minimum Gasteiger partial charge on any atom is -0.353 e. The van der Waals surface area contributed by atoms with Crippen molar-refractivity contribution in [3.8, 4) is 0 Å². The van der Waals surface area contributed by atoms with E-state index in [0.29, 0.717) is 29.3 Å². The molecule has 0 aliphatic heterocycles. The Bertz CT molecular complexity index is 918. The first kappa shape index (κ1) is 23.2. The Labute approximate surface area is 176 Å². The Kier molecular flexibility index (Phi) is 8.52. The van der Waals surface area contributed by atoms with Crippen LogP contribution in [0, 0.1) is 5.82 Å². The molecule has 0 bridgehead atoms. The zero-order valence-corrected chi connectivity index (χ0v) is 18.5. The van der Waals surface area contributed by atoms with E-state index in [9.17, 15) is 17.6 Å². The number of hydrogen-bond acceptors (Lipinski definition) is 4. The molecule has 0 aliphatic carbocycles. The maximum atomic E-state index is 13.6. The lowest BCUT2D eigenvalue weighted by atomic mass is 10.1. The van der Waals surface area contributed by atoms with Gasteiger partial charge in [0, 0.05) is 18.1 Å². The minimum atomic E-state index is -3.63. The van der Waals surface area contributed by atoms with Gasteiger partial charge in [0.2, 0.25) is 15.9 Å². The molecule has 1 atom stereocenters. The number of amides is 1. The summed E-state index contributed by atoms with van der Waals surface area (Å²) in [6.07, 6.45) is 1.94. The highest BCUT2D eigenvalue weighted by Crippen LogP contribution is 2.22. The summed E-state index contributed by atoms with van der Waals surface area (Å²) in [6.45, 7) is 3.95. The van der Waals surface area contributed by atoms with Crippen molar-refractivity contribution in [2.75, 3.05) is 22.9 Å². The van der Waals surface area contributed by atoms with E-state index in [0.717, 1.165) is 22.5 Å². The van der Waals surface area contributed by atoms with Gasteiger partial charge in [0.25, 0.3) is 0 Å². The van der Waals surface area contributed by atoms with Crippen molar-refractivity contribution in [2.45, 2.75) is 32.1 Å². The molecule has 0 saturated carbocycles. The molecule has 5 nitrogen and oxygen atoms in total. The standard InChI is InChI=1S/C21H27FN2O3S2/c1-4-17-9-11-19(12-10-17)24(29(3,26)27)16(2)21(25)23-13-14-28-15-18-7-5-6-8-20(18)22/h5-12,16H,4,13-15H2,1-3H3,(H,23,25). The number of benzene rings is 2. The highest BCUT2D eigenvalue weighted by atomic mass is 32.2. The van der Waals surface area contributed by atoms with E-state index < -0.39 is 16.1 Å². The summed E-state index contributed by atoms with van der Waals surface area (Å²) in [5.41, 5.74) is 2.17. The zero-order chi connectivity index (χ0) is 21.4. The summed E-state index contributed by atoms with van der Waals surface area (Å²) in [5, 5.41) is 2.77. The van der Waals surface area contributed by atoms with Gasteiger partial charge in [-0.25, -0.2) is 12.8 Å². The monoisotopic (exact) mass is 438 g/mol. The van der Waals surface area contributed by atoms with Gasteiger partial charge in [-0.3, -0.25) is 9.10 Å². The van der Waals surface area contributed by atoms with E-state index in [-0.39, 0.29) is 11.7 Å². The lowest BCUT2D eigenvalue weighted by molar-refractivity contribution is -0.121. The van der Waals surface area contributed by atoms with Gasteiger partial charge in [0.15, 0.2) is 0 Å². The first-order valence-electron chi connectivity index (χ1n) is 9.41. The molecule has 1 unspecified atom stereocenters. The van der Waals surface area contributed by atoms with Crippen LogP contribution >= 0.6 is 11.8 Å². The van der Waals surface area contributed by atoms with Crippen molar-refractivity contribution < 1.29 is 17.6 Å². The average Bonchev–Trinajstić information content (AvgIpc) is 2.68. The summed E-state index contributed by atoms with van der Waals surface area (Å²) in [7, 11) is -3.63. The van der Waals surface area contributed by atoms with Crippen LogP contribution in [-0.2, 0) is 27.0 Å². The molecule has 0 aliphatic rings. The van der Waals surface area contributed by atoms with E-state index in [4.69, 9.17) is 0 Å². The molecule has 0 saturated heterocycles. The summed E-state index contributed by atoms with van der Waals surface area (Å²) >= 11 is 1.50. The number of rotatable bonds is 10. The normalized spacial score (nSPS) is 12.4. The second-order valence-corrected chi connectivity index (χ2v) is 9.65. The van der Waals surface area contributed by atoms with E-state index in [2.05, 4.69) is 5.32 Å². The number of thioether (sulfide) groups is 1. The Morgan fingerprint density at radius 1 is 1.17 bits per heavy atom. The molecule has 2 rings (SSSR count). The van der Waals surface area contributed by atoms with Crippen LogP contribution in [0.2, 0.25) is 0 Å². The first-order valence-corrected chi connectivity index (χ1v) is 12.4. The summed E-state index contributed by atoms with van der Waals surface area (Å²) in [4.78, 5) is 12.5. The first-order chi connectivity index (χ1) is 13.7. The fraction of sp³-hybridized carbons (Fsp3) is 0.381. The van der Waals surface area contributed by atoms with Crippen molar-refractivity contribution in [2.24, 2.45) is 0 Å². The quantitative estimate of drug-likeness (QED) is 0.576. The highest BCUT2D eigenvalue weighted by Gasteiger charge is 2.28. The second-order valence-electron chi connectivity index (χ2n) is 6.69. The van der Waals surface area contributed by atoms with E-state index in [1.807, 2.05) is 19.1 Å². The predicted molar refractivity (Wildman–Crippen MR) is 118 cm³/mol. The van der Waals surface area contributed by atoms with Crippen LogP contribution in [0.1, 0.15) is 25.0 Å². The van der Waals surface area contributed by atoms with Crippen LogP contribution < -0.4 is 9.62 Å². The van der Waals surface area contributed by atoms with Gasteiger partial charge < -0.3 is 5.32 Å². The SMILES string of the molecule is CCc1ccc(N(C(C)C(=O)NCCSCc2ccccc2F)S(C)(=O)=O)cc1. The molecular weight excluding hydrogens is 411 g/mol. The zero-order valence-electron chi connectivity index (χ0n) is 16.9. The van der Waals surface area contributed by atoms with Gasteiger partial charge in [-0.05, 0) is 42.7 Å². The fourth-order valence-electron chi connectivity index (χ4n) is 2.88. The summed E-state index contributed by atoms with van der Waals surface area (Å²) < 4.78 is 39.3. The number of nitrogens with one attached hydrogen (secondary N) is 1. The Balaban J connectivity index is 1.92. The largest absolute Gasteiger partial charge is 0.353 e. The van der Waals surface area contributed by atoms with Gasteiger partial charge in [0.05, 0.1) is 11.9 Å². The molecule has 2 aromatic rings. The molecule has 2 aromatic carbocycles. The third kappa shape index (κ3) is 6.75. The number of nitrogens with zero attached hydrogens (tertiary/aromatic N) is 1. The van der Waals surface area contributed by atoms with Crippen LogP contribution in [0.4, 0.5) is 10.1 Å². The molecule has 0 fully saturated rings. The number of hydrogen-bond donors (Lipinski definition) is 1. The third-order valence-corrected chi connectivity index (χ3v) is 6.70. The molecule has 0 radical (unpaired) electrons. The molecule has 1 amide bonds. The molecule has 29 heavy (non-hydrogen) atoms. The van der Waals surface area contributed by atoms with Gasteiger partial charge in [-0.1, -0.05) is 37.3 Å². The minimum absolute atomic E-state index is 0.240.